The number of aromatic nitrogens is 1. The van der Waals surface area contributed by atoms with Crippen molar-refractivity contribution in [2.45, 2.75) is 38.3 Å². The molecule has 17 heavy (non-hydrogen) atoms. The molecule has 1 aromatic heterocycles. The smallest absolute Gasteiger partial charge is 0.106 e. The van der Waals surface area contributed by atoms with Crippen molar-refractivity contribution in [2.75, 3.05) is 6.54 Å². The number of hydrogen-bond donors (Lipinski definition) is 2. The first kappa shape index (κ1) is 13.0. The van der Waals surface area contributed by atoms with Crippen LogP contribution in [0.25, 0.3) is 0 Å². The van der Waals surface area contributed by atoms with Crippen LogP contribution in [-0.4, -0.2) is 22.7 Å². The Morgan fingerprint density at radius 1 is 1.41 bits per heavy atom. The molecule has 2 atom stereocenters. The summed E-state index contributed by atoms with van der Waals surface area (Å²) in [5.74, 6) is 0.617. The predicted molar refractivity (Wildman–Crippen MR) is 71.6 cm³/mol. The van der Waals surface area contributed by atoms with Gasteiger partial charge in [0, 0.05) is 6.54 Å². The van der Waals surface area contributed by atoms with Gasteiger partial charge in [0.25, 0.3) is 0 Å². The van der Waals surface area contributed by atoms with E-state index >= 15 is 0 Å². The minimum Gasteiger partial charge on any atom is -0.393 e. The summed E-state index contributed by atoms with van der Waals surface area (Å²) in [5, 5.41) is 13.0. The third-order valence-corrected chi connectivity index (χ3v) is 3.71. The maximum Gasteiger partial charge on any atom is 0.106 e. The van der Waals surface area contributed by atoms with Gasteiger partial charge < -0.3 is 10.4 Å². The van der Waals surface area contributed by atoms with Gasteiger partial charge in [0.2, 0.25) is 0 Å². The van der Waals surface area contributed by atoms with E-state index in [1.54, 1.807) is 0 Å². The highest BCUT2D eigenvalue weighted by atomic mass is 79.9. The molecule has 1 aliphatic rings. The minimum atomic E-state index is -0.0838. The maximum absolute atomic E-state index is 9.59. The molecule has 0 saturated heterocycles. The predicted octanol–water partition coefficient (Wildman–Crippen LogP) is 2.48. The Kier molecular flexibility index (Phi) is 4.95. The molecule has 2 unspecified atom stereocenters. The molecule has 2 N–H and O–H groups in total. The molecule has 1 aliphatic carbocycles. The van der Waals surface area contributed by atoms with E-state index in [1.807, 2.05) is 18.2 Å². The molecule has 0 spiro atoms. The fourth-order valence-electron chi connectivity index (χ4n) is 2.40. The van der Waals surface area contributed by atoms with E-state index in [0.29, 0.717) is 5.92 Å². The van der Waals surface area contributed by atoms with E-state index < -0.39 is 0 Å². The molecule has 1 saturated carbocycles. The van der Waals surface area contributed by atoms with Gasteiger partial charge >= 0.3 is 0 Å². The molecule has 1 heterocycles. The van der Waals surface area contributed by atoms with Crippen LogP contribution < -0.4 is 5.32 Å². The summed E-state index contributed by atoms with van der Waals surface area (Å²) in [5.41, 5.74) is 1.05. The molecule has 1 aromatic rings. The maximum atomic E-state index is 9.59. The van der Waals surface area contributed by atoms with Crippen LogP contribution in [0.5, 0.6) is 0 Å². The van der Waals surface area contributed by atoms with Crippen LogP contribution in [-0.2, 0) is 6.54 Å². The lowest BCUT2D eigenvalue weighted by molar-refractivity contribution is 0.101. The van der Waals surface area contributed by atoms with Gasteiger partial charge in [-0.05, 0) is 59.8 Å². The van der Waals surface area contributed by atoms with Crippen LogP contribution in [0.15, 0.2) is 22.8 Å². The zero-order chi connectivity index (χ0) is 12.1. The summed E-state index contributed by atoms with van der Waals surface area (Å²) >= 11 is 3.37. The number of aliphatic hydroxyl groups is 1. The van der Waals surface area contributed by atoms with Crippen LogP contribution in [0.3, 0.4) is 0 Å². The number of aliphatic hydroxyl groups excluding tert-OH is 1. The van der Waals surface area contributed by atoms with Gasteiger partial charge in [0.05, 0.1) is 11.8 Å². The van der Waals surface area contributed by atoms with E-state index in [0.717, 1.165) is 42.6 Å². The van der Waals surface area contributed by atoms with Crippen molar-refractivity contribution in [3.05, 3.63) is 28.5 Å². The third-order valence-electron chi connectivity index (χ3n) is 3.27. The fourth-order valence-corrected chi connectivity index (χ4v) is 2.78. The van der Waals surface area contributed by atoms with Gasteiger partial charge in [-0.15, -0.1) is 0 Å². The quantitative estimate of drug-likeness (QED) is 0.840. The molecule has 4 heteroatoms. The monoisotopic (exact) mass is 298 g/mol. The molecular weight excluding hydrogens is 280 g/mol. The van der Waals surface area contributed by atoms with E-state index in [4.69, 9.17) is 0 Å². The normalized spacial score (nSPS) is 24.8. The summed E-state index contributed by atoms with van der Waals surface area (Å²) in [7, 11) is 0. The Labute approximate surface area is 111 Å². The van der Waals surface area contributed by atoms with Gasteiger partial charge in [-0.25, -0.2) is 4.98 Å². The lowest BCUT2D eigenvalue weighted by Gasteiger charge is -2.25. The molecule has 0 radical (unpaired) electrons. The number of nitrogens with zero attached hydrogens (tertiary/aromatic N) is 1. The summed E-state index contributed by atoms with van der Waals surface area (Å²) in [6.45, 7) is 1.78. The van der Waals surface area contributed by atoms with E-state index in [9.17, 15) is 5.11 Å². The standard InChI is InChI=1S/C13H19BrN2O/c14-13-6-2-4-11(16-13)9-15-8-10-3-1-5-12(17)7-10/h2,4,6,10,12,15,17H,1,3,5,7-9H2. The molecule has 94 valence electrons. The lowest BCUT2D eigenvalue weighted by Crippen LogP contribution is -2.29. The average Bonchev–Trinajstić information content (AvgIpc) is 2.29. The van der Waals surface area contributed by atoms with Gasteiger partial charge in [0.1, 0.15) is 4.60 Å². The van der Waals surface area contributed by atoms with E-state index in [-0.39, 0.29) is 6.10 Å². The van der Waals surface area contributed by atoms with Gasteiger partial charge in [-0.3, -0.25) is 0 Å². The van der Waals surface area contributed by atoms with Crippen LogP contribution >= 0.6 is 15.9 Å². The second kappa shape index (κ2) is 6.47. The summed E-state index contributed by atoms with van der Waals surface area (Å²) in [4.78, 5) is 4.38. The van der Waals surface area contributed by atoms with Crippen molar-refractivity contribution in [3.63, 3.8) is 0 Å². The fraction of sp³-hybridized carbons (Fsp3) is 0.615. The molecule has 0 aliphatic heterocycles. The van der Waals surface area contributed by atoms with Crippen molar-refractivity contribution < 1.29 is 5.11 Å². The second-order valence-electron chi connectivity index (χ2n) is 4.77. The van der Waals surface area contributed by atoms with Crippen LogP contribution in [0.2, 0.25) is 0 Å². The highest BCUT2D eigenvalue weighted by molar-refractivity contribution is 9.10. The lowest BCUT2D eigenvalue weighted by atomic mass is 9.87. The minimum absolute atomic E-state index is 0.0838. The first-order valence-electron chi connectivity index (χ1n) is 6.24. The number of pyridine rings is 1. The Bertz CT molecular complexity index is 359. The van der Waals surface area contributed by atoms with Gasteiger partial charge in [-0.2, -0.15) is 0 Å². The number of nitrogens with one attached hydrogen (secondary N) is 1. The van der Waals surface area contributed by atoms with Gasteiger partial charge in [-0.1, -0.05) is 12.5 Å². The zero-order valence-electron chi connectivity index (χ0n) is 9.90. The Hall–Kier alpha value is -0.450. The second-order valence-corrected chi connectivity index (χ2v) is 5.58. The number of rotatable bonds is 4. The largest absolute Gasteiger partial charge is 0.393 e. The van der Waals surface area contributed by atoms with Crippen molar-refractivity contribution in [2.24, 2.45) is 5.92 Å². The number of halogens is 1. The van der Waals surface area contributed by atoms with Crippen LogP contribution in [0, 0.1) is 5.92 Å². The molecule has 0 aromatic carbocycles. The topological polar surface area (TPSA) is 45.1 Å². The number of hydrogen-bond acceptors (Lipinski definition) is 3. The first-order chi connectivity index (χ1) is 8.24. The molecular formula is C13H19BrN2O. The molecule has 0 amide bonds. The van der Waals surface area contributed by atoms with Crippen molar-refractivity contribution >= 4 is 15.9 Å². The highest BCUT2D eigenvalue weighted by Crippen LogP contribution is 2.23. The van der Waals surface area contributed by atoms with Crippen molar-refractivity contribution in [3.8, 4) is 0 Å². The van der Waals surface area contributed by atoms with Crippen LogP contribution in [0.1, 0.15) is 31.4 Å². The summed E-state index contributed by atoms with van der Waals surface area (Å²) in [6.07, 6.45) is 4.22. The third kappa shape index (κ3) is 4.37. The van der Waals surface area contributed by atoms with E-state index in [1.165, 1.54) is 6.42 Å². The average molecular weight is 299 g/mol. The van der Waals surface area contributed by atoms with Gasteiger partial charge in [0.15, 0.2) is 0 Å². The van der Waals surface area contributed by atoms with E-state index in [2.05, 4.69) is 26.2 Å². The molecule has 2 rings (SSSR count). The zero-order valence-corrected chi connectivity index (χ0v) is 11.5. The highest BCUT2D eigenvalue weighted by Gasteiger charge is 2.19. The van der Waals surface area contributed by atoms with Crippen LogP contribution in [0.4, 0.5) is 0 Å². The SMILES string of the molecule is OC1CCCC(CNCc2cccc(Br)n2)C1. The summed E-state index contributed by atoms with van der Waals surface area (Å²) < 4.78 is 0.880. The van der Waals surface area contributed by atoms with Crippen molar-refractivity contribution in [1.29, 1.82) is 0 Å². The van der Waals surface area contributed by atoms with Crippen molar-refractivity contribution in [1.82, 2.24) is 10.3 Å². The molecule has 0 bridgehead atoms. The molecule has 1 fully saturated rings. The first-order valence-corrected chi connectivity index (χ1v) is 7.03. The Morgan fingerprint density at radius 3 is 3.06 bits per heavy atom. The summed E-state index contributed by atoms with van der Waals surface area (Å²) in [6, 6.07) is 5.95. The Balaban J connectivity index is 1.72. The molecule has 3 nitrogen and oxygen atoms in total. The Morgan fingerprint density at radius 2 is 2.29 bits per heavy atom.